The summed E-state index contributed by atoms with van der Waals surface area (Å²) in [5, 5.41) is 30.6. The Morgan fingerprint density at radius 3 is 2.55 bits per heavy atom. The van der Waals surface area contributed by atoms with Crippen LogP contribution in [0, 0.1) is 17.1 Å². The molecule has 0 saturated carbocycles. The van der Waals surface area contributed by atoms with Gasteiger partial charge in [-0.25, -0.2) is 9.18 Å². The maximum absolute atomic E-state index is 13.5. The lowest BCUT2D eigenvalue weighted by Crippen LogP contribution is -2.44. The van der Waals surface area contributed by atoms with E-state index in [2.05, 4.69) is 5.32 Å². The maximum atomic E-state index is 13.5. The van der Waals surface area contributed by atoms with Crippen LogP contribution < -0.4 is 16.6 Å². The first-order valence-corrected chi connectivity index (χ1v) is 11.8. The fourth-order valence-electron chi connectivity index (χ4n) is 4.07. The largest absolute Gasteiger partial charge is 0.423 e. The van der Waals surface area contributed by atoms with Gasteiger partial charge in [0.05, 0.1) is 18.3 Å². The van der Waals surface area contributed by atoms with Gasteiger partial charge in [-0.15, -0.1) is 0 Å². The third kappa shape index (κ3) is 6.66. The van der Waals surface area contributed by atoms with E-state index in [1.54, 1.807) is 6.07 Å². The van der Waals surface area contributed by atoms with E-state index < -0.39 is 59.8 Å². The van der Waals surface area contributed by atoms with Gasteiger partial charge in [0.1, 0.15) is 29.8 Å². The molecule has 1 amide bonds. The molecule has 14 heteroatoms. The topological polar surface area (TPSA) is 147 Å². The molecule has 1 aromatic carbocycles. The van der Waals surface area contributed by atoms with E-state index in [1.165, 1.54) is 6.07 Å². The molecule has 206 valence electrons. The molecule has 1 aliphatic heterocycles. The number of alkyl halides is 3. The Bertz CT molecular complexity index is 1320. The summed E-state index contributed by atoms with van der Waals surface area (Å²) in [6.07, 6.45) is -6.80. The molecule has 3 rings (SSSR count). The number of rotatable bonds is 10. The van der Waals surface area contributed by atoms with Crippen LogP contribution in [0.1, 0.15) is 59.8 Å². The van der Waals surface area contributed by atoms with Crippen molar-refractivity contribution in [3.63, 3.8) is 0 Å². The highest BCUT2D eigenvalue weighted by atomic mass is 19.4. The second-order valence-electron chi connectivity index (χ2n) is 8.78. The van der Waals surface area contributed by atoms with Crippen LogP contribution in [-0.4, -0.2) is 50.6 Å². The number of benzene rings is 1. The molecular formula is C24H26F4N4O6. The Morgan fingerprint density at radius 1 is 1.21 bits per heavy atom. The highest BCUT2D eigenvalue weighted by Crippen LogP contribution is 2.30. The predicted molar refractivity (Wildman–Crippen MR) is 123 cm³/mol. The minimum Gasteiger partial charge on any atom is -0.394 e. The van der Waals surface area contributed by atoms with E-state index in [1.807, 2.05) is 0 Å². The van der Waals surface area contributed by atoms with Gasteiger partial charge in [0.25, 0.3) is 11.5 Å². The van der Waals surface area contributed by atoms with Gasteiger partial charge < -0.3 is 20.3 Å². The second-order valence-corrected chi connectivity index (χ2v) is 8.78. The summed E-state index contributed by atoms with van der Waals surface area (Å²) in [4.78, 5) is 37.4. The van der Waals surface area contributed by atoms with Crippen molar-refractivity contribution in [2.45, 2.75) is 63.3 Å². The van der Waals surface area contributed by atoms with Gasteiger partial charge in [-0.05, 0) is 31.0 Å². The number of nitriles is 1. The van der Waals surface area contributed by atoms with Crippen LogP contribution in [0.15, 0.2) is 34.0 Å². The summed E-state index contributed by atoms with van der Waals surface area (Å²) in [5.41, 5.74) is -4.20. The number of amides is 1. The lowest BCUT2D eigenvalue weighted by molar-refractivity contribution is -0.140. The van der Waals surface area contributed by atoms with Crippen LogP contribution in [0.3, 0.4) is 0 Å². The van der Waals surface area contributed by atoms with Crippen molar-refractivity contribution in [3.8, 4) is 6.07 Å². The third-order valence-electron chi connectivity index (χ3n) is 6.14. The molecule has 1 aromatic heterocycles. The van der Waals surface area contributed by atoms with E-state index in [0.29, 0.717) is 34.6 Å². The van der Waals surface area contributed by atoms with Crippen LogP contribution in [-0.2, 0) is 17.5 Å². The number of ether oxygens (including phenoxy) is 1. The van der Waals surface area contributed by atoms with Crippen LogP contribution in [0.4, 0.5) is 17.6 Å². The maximum Gasteiger partial charge on any atom is 0.423 e. The molecule has 1 saturated heterocycles. The van der Waals surface area contributed by atoms with Crippen LogP contribution in [0.2, 0.25) is 0 Å². The number of hydrogen-bond acceptors (Lipinski definition) is 7. The molecule has 0 aliphatic carbocycles. The highest BCUT2D eigenvalue weighted by Gasteiger charge is 2.39. The minimum atomic E-state index is -5.03. The Kier molecular flexibility index (Phi) is 9.42. The van der Waals surface area contributed by atoms with E-state index in [4.69, 9.17) is 10.00 Å². The molecule has 0 spiro atoms. The van der Waals surface area contributed by atoms with Crippen molar-refractivity contribution in [3.05, 3.63) is 67.7 Å². The summed E-state index contributed by atoms with van der Waals surface area (Å²) < 4.78 is 60.3. The quantitative estimate of drug-likeness (QED) is 0.306. The van der Waals surface area contributed by atoms with E-state index >= 15 is 0 Å². The monoisotopic (exact) mass is 541 g/mol. The second kappa shape index (κ2) is 12.3. The number of aromatic nitrogens is 2. The SMILES string of the molecule is N#Cc1cc(C(=O)NCCCCCCn2c(=O)c(C(F)(F)F)cn([C@H]3C[C@H](O)[C@@H](CO)O3)c2=O)ccc1[18F]. The number of aliphatic hydroxyl groups excluding tert-OH is 2. The van der Waals surface area contributed by atoms with Crippen molar-refractivity contribution in [2.75, 3.05) is 13.2 Å². The van der Waals surface area contributed by atoms with E-state index in [9.17, 15) is 42.2 Å². The lowest BCUT2D eigenvalue weighted by atomic mass is 10.1. The number of hydrogen-bond donors (Lipinski definition) is 3. The molecular weight excluding hydrogens is 515 g/mol. The van der Waals surface area contributed by atoms with Gasteiger partial charge in [-0.1, -0.05) is 12.8 Å². The molecule has 1 aliphatic rings. The number of carbonyl (C=O) groups is 1. The number of nitrogens with one attached hydrogen (secondary N) is 1. The minimum absolute atomic E-state index is 0.118. The summed E-state index contributed by atoms with van der Waals surface area (Å²) >= 11 is 0. The van der Waals surface area contributed by atoms with Gasteiger partial charge in [-0.2, -0.15) is 18.4 Å². The molecule has 3 N–H and O–H groups in total. The Morgan fingerprint density at radius 2 is 1.92 bits per heavy atom. The zero-order valence-corrected chi connectivity index (χ0v) is 20.1. The van der Waals surface area contributed by atoms with Gasteiger partial charge in [0.2, 0.25) is 0 Å². The smallest absolute Gasteiger partial charge is 0.394 e. The van der Waals surface area contributed by atoms with Gasteiger partial charge in [0.15, 0.2) is 0 Å². The Balaban J connectivity index is 1.58. The fraction of sp³-hybridized carbons (Fsp3) is 0.500. The number of unbranched alkanes of at least 4 members (excludes halogenated alkanes) is 3. The summed E-state index contributed by atoms with van der Waals surface area (Å²) in [6.45, 7) is -0.648. The Labute approximate surface area is 213 Å². The molecule has 38 heavy (non-hydrogen) atoms. The summed E-state index contributed by atoms with van der Waals surface area (Å²) in [7, 11) is 0. The normalized spacial score (nSPS) is 19.3. The number of nitrogens with zero attached hydrogens (tertiary/aromatic N) is 3. The number of halogens is 4. The standard InChI is InChI=1S/C24H26F4N4O6/c25-17-6-5-14(9-15(17)11-29)21(35)30-7-3-1-2-4-8-31-22(36)16(24(26,27)28)12-32(23(31)37)20-10-18(34)19(13-33)38-20/h5-6,9,12,18-20,33-34H,1-4,7-8,10,13H2,(H,30,35)/t18-,19+,20+/m0/s1/i25-1. The molecule has 10 nitrogen and oxygen atoms in total. The van der Waals surface area contributed by atoms with E-state index in [-0.39, 0.29) is 37.1 Å². The van der Waals surface area contributed by atoms with Crippen LogP contribution in [0.25, 0.3) is 0 Å². The molecule has 0 radical (unpaired) electrons. The molecule has 2 aromatic rings. The van der Waals surface area contributed by atoms with E-state index in [0.717, 1.165) is 12.1 Å². The van der Waals surface area contributed by atoms with Crippen molar-refractivity contribution in [1.29, 1.82) is 5.26 Å². The molecule has 0 bridgehead atoms. The van der Waals surface area contributed by atoms with Crippen molar-refractivity contribution >= 4 is 5.91 Å². The first kappa shape index (κ1) is 29.0. The number of carbonyl (C=O) groups excluding carboxylic acids is 1. The van der Waals surface area contributed by atoms with Gasteiger partial charge >= 0.3 is 11.9 Å². The van der Waals surface area contributed by atoms with Crippen LogP contribution in [0.5, 0.6) is 0 Å². The molecule has 0 unspecified atom stereocenters. The van der Waals surface area contributed by atoms with Crippen molar-refractivity contribution in [1.82, 2.24) is 14.5 Å². The lowest BCUT2D eigenvalue weighted by Gasteiger charge is -2.19. The highest BCUT2D eigenvalue weighted by molar-refractivity contribution is 5.94. The zero-order chi connectivity index (χ0) is 28.0. The van der Waals surface area contributed by atoms with Crippen molar-refractivity contribution < 1.29 is 37.3 Å². The predicted octanol–water partition coefficient (Wildman–Crippen LogP) is 1.67. The average molecular weight is 541 g/mol. The fourth-order valence-corrected chi connectivity index (χ4v) is 4.07. The first-order chi connectivity index (χ1) is 18.0. The molecule has 2 heterocycles. The zero-order valence-electron chi connectivity index (χ0n) is 20.1. The third-order valence-corrected chi connectivity index (χ3v) is 6.14. The van der Waals surface area contributed by atoms with Crippen LogP contribution >= 0.6 is 0 Å². The summed E-state index contributed by atoms with van der Waals surface area (Å²) in [5.74, 6) is -1.24. The number of aliphatic hydroxyl groups is 2. The van der Waals surface area contributed by atoms with Crippen molar-refractivity contribution in [2.24, 2.45) is 0 Å². The van der Waals surface area contributed by atoms with Gasteiger partial charge in [0, 0.05) is 31.3 Å². The molecule has 3 atom stereocenters. The first-order valence-electron chi connectivity index (χ1n) is 11.8. The summed E-state index contributed by atoms with van der Waals surface area (Å²) in [6, 6.07) is 5.04. The average Bonchev–Trinajstić information content (AvgIpc) is 3.24. The molecule has 1 fully saturated rings. The Hall–Kier alpha value is -3.54. The van der Waals surface area contributed by atoms with Gasteiger partial charge in [-0.3, -0.25) is 18.7 Å².